The average molecular weight is 425 g/mol. The molecule has 5 nitrogen and oxygen atoms in total. The van der Waals surface area contributed by atoms with Gasteiger partial charge in [-0.1, -0.05) is 25.0 Å². The van der Waals surface area contributed by atoms with Crippen molar-refractivity contribution in [1.82, 2.24) is 14.8 Å². The molecule has 1 aromatic heterocycles. The van der Waals surface area contributed by atoms with Gasteiger partial charge in [0.1, 0.15) is 0 Å². The highest BCUT2D eigenvalue weighted by Gasteiger charge is 2.29. The van der Waals surface area contributed by atoms with Gasteiger partial charge < -0.3 is 10.2 Å². The number of piperazine rings is 1. The van der Waals surface area contributed by atoms with Crippen LogP contribution in [-0.4, -0.2) is 46.9 Å². The summed E-state index contributed by atoms with van der Waals surface area (Å²) in [6.45, 7) is 6.83. The maximum absolute atomic E-state index is 12.7. The van der Waals surface area contributed by atoms with Crippen LogP contribution in [0.4, 0.5) is 10.8 Å². The van der Waals surface area contributed by atoms with Gasteiger partial charge in [-0.25, -0.2) is 4.98 Å². The van der Waals surface area contributed by atoms with Crippen LogP contribution in [0.15, 0.2) is 18.2 Å². The van der Waals surface area contributed by atoms with Gasteiger partial charge in [-0.05, 0) is 56.2 Å². The van der Waals surface area contributed by atoms with Crippen LogP contribution in [0.3, 0.4) is 0 Å². The fourth-order valence-electron chi connectivity index (χ4n) is 5.15. The smallest absolute Gasteiger partial charge is 0.225 e. The number of carbonyl (C=O) groups excluding carboxylic acids is 1. The van der Waals surface area contributed by atoms with Crippen molar-refractivity contribution < 1.29 is 4.79 Å². The number of carbonyl (C=O) groups is 1. The number of aromatic nitrogens is 1. The van der Waals surface area contributed by atoms with Gasteiger partial charge in [0, 0.05) is 49.2 Å². The van der Waals surface area contributed by atoms with Crippen molar-refractivity contribution in [3.05, 3.63) is 39.9 Å². The fourth-order valence-corrected chi connectivity index (χ4v) is 6.21. The number of aryl methyl sites for hydroxylation is 2. The number of hydrogen-bond acceptors (Lipinski definition) is 5. The molecule has 0 unspecified atom stereocenters. The Morgan fingerprint density at radius 2 is 1.93 bits per heavy atom. The molecule has 2 aromatic rings. The monoisotopic (exact) mass is 424 g/mol. The zero-order valence-electron chi connectivity index (χ0n) is 18.0. The quantitative estimate of drug-likeness (QED) is 0.767. The third-order valence-corrected chi connectivity index (χ3v) is 8.14. The van der Waals surface area contributed by atoms with Crippen LogP contribution in [0.1, 0.15) is 53.8 Å². The van der Waals surface area contributed by atoms with Crippen LogP contribution in [0.2, 0.25) is 0 Å². The normalized spacial score (nSPS) is 20.0. The van der Waals surface area contributed by atoms with Crippen LogP contribution >= 0.6 is 11.3 Å². The highest BCUT2D eigenvalue weighted by atomic mass is 32.1. The first kappa shape index (κ1) is 20.0. The Labute approximate surface area is 183 Å². The van der Waals surface area contributed by atoms with Crippen molar-refractivity contribution in [3.8, 4) is 0 Å². The van der Waals surface area contributed by atoms with E-state index in [0.717, 1.165) is 62.8 Å². The van der Waals surface area contributed by atoms with Crippen molar-refractivity contribution in [3.63, 3.8) is 0 Å². The number of nitrogens with one attached hydrogen (secondary N) is 1. The third-order valence-electron chi connectivity index (χ3n) is 7.07. The minimum absolute atomic E-state index is 0.300. The lowest BCUT2D eigenvalue weighted by Gasteiger charge is -2.36. The van der Waals surface area contributed by atoms with E-state index >= 15 is 0 Å². The Kier molecular flexibility index (Phi) is 5.79. The molecule has 2 aliphatic carbocycles. The molecule has 0 spiro atoms. The highest BCUT2D eigenvalue weighted by Crippen LogP contribution is 2.33. The molecule has 0 bridgehead atoms. The van der Waals surface area contributed by atoms with Gasteiger partial charge >= 0.3 is 0 Å². The van der Waals surface area contributed by atoms with E-state index < -0.39 is 0 Å². The molecular weight excluding hydrogens is 392 g/mol. The topological polar surface area (TPSA) is 48.5 Å². The number of amides is 1. The summed E-state index contributed by atoms with van der Waals surface area (Å²) in [5.41, 5.74) is 5.12. The van der Waals surface area contributed by atoms with Gasteiger partial charge in [0.05, 0.1) is 5.69 Å². The van der Waals surface area contributed by atoms with E-state index in [2.05, 4.69) is 40.2 Å². The first-order chi connectivity index (χ1) is 14.7. The van der Waals surface area contributed by atoms with Gasteiger partial charge in [-0.2, -0.15) is 0 Å². The third kappa shape index (κ3) is 4.12. The Balaban J connectivity index is 1.19. The van der Waals surface area contributed by atoms with E-state index in [1.54, 1.807) is 0 Å². The van der Waals surface area contributed by atoms with Gasteiger partial charge in [-0.15, -0.1) is 11.3 Å². The molecule has 2 heterocycles. The summed E-state index contributed by atoms with van der Waals surface area (Å²) < 4.78 is 0. The molecule has 2 fully saturated rings. The number of hydrogen-bond donors (Lipinski definition) is 1. The second-order valence-corrected chi connectivity index (χ2v) is 10.1. The Morgan fingerprint density at radius 3 is 2.70 bits per heavy atom. The molecule has 160 valence electrons. The molecule has 1 aliphatic heterocycles. The summed E-state index contributed by atoms with van der Waals surface area (Å²) in [6, 6.07) is 6.54. The molecule has 6 heteroatoms. The van der Waals surface area contributed by atoms with Crippen molar-refractivity contribution in [2.75, 3.05) is 31.5 Å². The van der Waals surface area contributed by atoms with Crippen molar-refractivity contribution >= 4 is 28.1 Å². The van der Waals surface area contributed by atoms with Crippen molar-refractivity contribution in [2.45, 2.75) is 58.4 Å². The van der Waals surface area contributed by atoms with E-state index in [0.29, 0.717) is 11.8 Å². The van der Waals surface area contributed by atoms with Crippen LogP contribution < -0.4 is 5.32 Å². The van der Waals surface area contributed by atoms with Gasteiger partial charge in [0.2, 0.25) is 5.91 Å². The Bertz CT molecular complexity index is 888. The summed E-state index contributed by atoms with van der Waals surface area (Å²) >= 11 is 1.81. The summed E-state index contributed by atoms with van der Waals surface area (Å²) in [5.74, 6) is 0.707. The summed E-state index contributed by atoms with van der Waals surface area (Å²) in [6.07, 6.45) is 8.21. The van der Waals surface area contributed by atoms with E-state index in [-0.39, 0.29) is 0 Å². The van der Waals surface area contributed by atoms with Crippen LogP contribution in [0, 0.1) is 12.8 Å². The Morgan fingerprint density at radius 1 is 1.13 bits per heavy atom. The van der Waals surface area contributed by atoms with Crippen LogP contribution in [-0.2, 0) is 24.2 Å². The standard InChI is InChI=1S/C24H32N4OS/c1-17-19(8-4-9-20(17)25-24-26-21-10-5-11-22(21)30-24)16-27-12-14-28(15-13-27)23(29)18-6-2-3-7-18/h4,8-9,18H,2-3,5-7,10-16H2,1H3,(H,25,26). The molecule has 1 saturated heterocycles. The molecule has 1 N–H and O–H groups in total. The summed E-state index contributed by atoms with van der Waals surface area (Å²) in [4.78, 5) is 23.5. The number of rotatable bonds is 5. The second kappa shape index (κ2) is 8.67. The first-order valence-electron chi connectivity index (χ1n) is 11.5. The van der Waals surface area contributed by atoms with Crippen LogP contribution in [0.5, 0.6) is 0 Å². The van der Waals surface area contributed by atoms with Gasteiger partial charge in [-0.3, -0.25) is 9.69 Å². The lowest BCUT2D eigenvalue weighted by molar-refractivity contribution is -0.137. The van der Waals surface area contributed by atoms with E-state index in [4.69, 9.17) is 4.98 Å². The highest BCUT2D eigenvalue weighted by molar-refractivity contribution is 7.15. The fraction of sp³-hybridized carbons (Fsp3) is 0.583. The van der Waals surface area contributed by atoms with Gasteiger partial charge in [0.15, 0.2) is 5.13 Å². The molecule has 30 heavy (non-hydrogen) atoms. The molecular formula is C24H32N4OS. The molecule has 3 aliphatic rings. The lowest BCUT2D eigenvalue weighted by atomic mass is 10.0. The van der Waals surface area contributed by atoms with E-state index in [1.165, 1.54) is 47.4 Å². The number of thiazole rings is 1. The van der Waals surface area contributed by atoms with Crippen molar-refractivity contribution in [2.24, 2.45) is 5.92 Å². The van der Waals surface area contributed by atoms with E-state index in [1.807, 2.05) is 11.3 Å². The minimum Gasteiger partial charge on any atom is -0.340 e. The second-order valence-electron chi connectivity index (χ2n) is 9.04. The predicted molar refractivity (Wildman–Crippen MR) is 122 cm³/mol. The number of fused-ring (bicyclic) bond motifs is 1. The summed E-state index contributed by atoms with van der Waals surface area (Å²) in [7, 11) is 0. The van der Waals surface area contributed by atoms with E-state index in [9.17, 15) is 4.79 Å². The SMILES string of the molecule is Cc1c(CN2CCN(C(=O)C3CCCC3)CC2)cccc1Nc1nc2c(s1)CCC2. The number of benzene rings is 1. The first-order valence-corrected chi connectivity index (χ1v) is 12.3. The largest absolute Gasteiger partial charge is 0.340 e. The maximum atomic E-state index is 12.7. The zero-order valence-corrected chi connectivity index (χ0v) is 18.8. The predicted octanol–water partition coefficient (Wildman–Crippen LogP) is 4.52. The van der Waals surface area contributed by atoms with Gasteiger partial charge in [0.25, 0.3) is 0 Å². The Hall–Kier alpha value is -1.92. The maximum Gasteiger partial charge on any atom is 0.225 e. The number of nitrogens with zero attached hydrogens (tertiary/aromatic N) is 3. The van der Waals surface area contributed by atoms with Crippen molar-refractivity contribution in [1.29, 1.82) is 0 Å². The lowest BCUT2D eigenvalue weighted by Crippen LogP contribution is -2.49. The molecule has 1 saturated carbocycles. The molecule has 5 rings (SSSR count). The summed E-state index contributed by atoms with van der Waals surface area (Å²) in [5, 5.41) is 4.60. The number of anilines is 2. The molecule has 1 aromatic carbocycles. The zero-order chi connectivity index (χ0) is 20.5. The molecule has 0 atom stereocenters. The van der Waals surface area contributed by atoms with Crippen LogP contribution in [0.25, 0.3) is 0 Å². The average Bonchev–Trinajstić information content (AvgIpc) is 3.49. The molecule has 0 radical (unpaired) electrons. The minimum atomic E-state index is 0.300. The molecule has 1 amide bonds.